The van der Waals surface area contributed by atoms with E-state index >= 15 is 0 Å². The maximum absolute atomic E-state index is 12.5. The molecule has 3 rings (SSSR count). The van der Waals surface area contributed by atoms with Gasteiger partial charge < -0.3 is 10.1 Å². The van der Waals surface area contributed by atoms with Crippen LogP contribution in [0.2, 0.25) is 5.02 Å². The molecule has 0 aliphatic heterocycles. The Kier molecular flexibility index (Phi) is 5.71. The zero-order valence-corrected chi connectivity index (χ0v) is 16.1. The average molecular weight is 386 g/mol. The van der Waals surface area contributed by atoms with E-state index in [1.54, 1.807) is 35.0 Å². The van der Waals surface area contributed by atoms with Gasteiger partial charge in [0.1, 0.15) is 12.4 Å². The first kappa shape index (κ1) is 18.8. The van der Waals surface area contributed by atoms with Gasteiger partial charge in [0.25, 0.3) is 5.91 Å². The molecular weight excluding hydrogens is 366 g/mol. The zero-order valence-electron chi connectivity index (χ0n) is 15.3. The predicted molar refractivity (Wildman–Crippen MR) is 103 cm³/mol. The largest absolute Gasteiger partial charge is 0.486 e. The Hall–Kier alpha value is -2.93. The summed E-state index contributed by atoms with van der Waals surface area (Å²) < 4.78 is 7.44. The molecule has 3 aromatic rings. The minimum absolute atomic E-state index is 0.136. The number of hydrogen-bond acceptors (Lipinski definition) is 5. The summed E-state index contributed by atoms with van der Waals surface area (Å²) in [4.78, 5) is 12.5. The summed E-state index contributed by atoms with van der Waals surface area (Å²) >= 11 is 6.10. The van der Waals surface area contributed by atoms with Crippen LogP contribution >= 0.6 is 11.6 Å². The van der Waals surface area contributed by atoms with E-state index in [2.05, 4.69) is 20.8 Å². The lowest BCUT2D eigenvalue weighted by Gasteiger charge is -2.10. The van der Waals surface area contributed by atoms with E-state index in [4.69, 9.17) is 16.3 Å². The van der Waals surface area contributed by atoms with Gasteiger partial charge in [0.2, 0.25) is 0 Å². The molecule has 27 heavy (non-hydrogen) atoms. The van der Waals surface area contributed by atoms with Crippen LogP contribution in [-0.4, -0.2) is 26.1 Å². The number of aryl methyl sites for hydroxylation is 1. The number of carbonyl (C=O) groups excluding carboxylic acids is 1. The van der Waals surface area contributed by atoms with Crippen LogP contribution in [0.15, 0.2) is 42.5 Å². The minimum atomic E-state index is -0.243. The third kappa shape index (κ3) is 4.62. The number of nitrogens with one attached hydrogen (secondary N) is 1. The molecule has 0 unspecified atom stereocenters. The molecule has 0 atom stereocenters. The Morgan fingerprint density at radius 3 is 2.81 bits per heavy atom. The van der Waals surface area contributed by atoms with E-state index in [0.717, 1.165) is 5.56 Å². The maximum Gasteiger partial charge on any atom is 0.255 e. The highest BCUT2D eigenvalue weighted by Crippen LogP contribution is 2.21. The average Bonchev–Trinajstić information content (AvgIpc) is 3.12. The van der Waals surface area contributed by atoms with Gasteiger partial charge in [-0.15, -0.1) is 5.10 Å². The second-order valence-corrected chi connectivity index (χ2v) is 6.78. The summed E-state index contributed by atoms with van der Waals surface area (Å²) in [6, 6.07) is 12.5. The topological polar surface area (TPSA) is 81.9 Å². The summed E-state index contributed by atoms with van der Waals surface area (Å²) in [5.74, 6) is 0.935. The second-order valence-electron chi connectivity index (χ2n) is 6.37. The van der Waals surface area contributed by atoms with Crippen LogP contribution in [0.1, 0.15) is 41.6 Å². The molecule has 1 heterocycles. The van der Waals surface area contributed by atoms with Gasteiger partial charge >= 0.3 is 0 Å². The van der Waals surface area contributed by atoms with Crippen molar-refractivity contribution < 1.29 is 9.53 Å². The molecule has 0 radical (unpaired) electrons. The summed E-state index contributed by atoms with van der Waals surface area (Å²) in [5.41, 5.74) is 2.07. The normalized spacial score (nSPS) is 10.9. The molecule has 7 nitrogen and oxygen atoms in total. The van der Waals surface area contributed by atoms with Gasteiger partial charge in [-0.3, -0.25) is 4.79 Å². The molecular formula is C19H20ClN5O2. The molecule has 2 aromatic carbocycles. The van der Waals surface area contributed by atoms with Crippen molar-refractivity contribution in [2.24, 2.45) is 0 Å². The van der Waals surface area contributed by atoms with E-state index in [1.807, 2.05) is 32.9 Å². The fourth-order valence-electron chi connectivity index (χ4n) is 2.46. The van der Waals surface area contributed by atoms with Crippen LogP contribution in [0.25, 0.3) is 0 Å². The smallest absolute Gasteiger partial charge is 0.255 e. The Morgan fingerprint density at radius 1 is 1.26 bits per heavy atom. The lowest BCUT2D eigenvalue weighted by molar-refractivity contribution is 0.102. The number of nitrogens with zero attached hydrogens (tertiary/aromatic N) is 4. The van der Waals surface area contributed by atoms with Crippen molar-refractivity contribution in [3.8, 4) is 5.75 Å². The number of halogens is 1. The standard InChI is InChI=1S/C19H20ClN5O2/c1-12(2)25-18(22-23-24-25)11-27-16-6-4-5-14(9-16)19(26)21-15-8-7-13(3)17(20)10-15/h4-10,12H,11H2,1-3H3,(H,21,26). The number of ether oxygens (including phenoxy) is 1. The van der Waals surface area contributed by atoms with Crippen molar-refractivity contribution in [1.82, 2.24) is 20.2 Å². The fourth-order valence-corrected chi connectivity index (χ4v) is 2.64. The van der Waals surface area contributed by atoms with Crippen molar-refractivity contribution in [3.05, 3.63) is 64.4 Å². The molecule has 0 aliphatic rings. The highest BCUT2D eigenvalue weighted by Gasteiger charge is 2.11. The summed E-state index contributed by atoms with van der Waals surface area (Å²) in [6.45, 7) is 6.10. The third-order valence-corrected chi connectivity index (χ3v) is 4.35. The number of benzene rings is 2. The van der Waals surface area contributed by atoms with E-state index in [0.29, 0.717) is 27.8 Å². The molecule has 140 valence electrons. The highest BCUT2D eigenvalue weighted by molar-refractivity contribution is 6.31. The monoisotopic (exact) mass is 385 g/mol. The quantitative estimate of drug-likeness (QED) is 0.692. The van der Waals surface area contributed by atoms with Gasteiger partial charge in [0.05, 0.1) is 6.04 Å². The van der Waals surface area contributed by atoms with Gasteiger partial charge in [0, 0.05) is 16.3 Å². The van der Waals surface area contributed by atoms with E-state index < -0.39 is 0 Å². The van der Waals surface area contributed by atoms with Crippen LogP contribution in [0.4, 0.5) is 5.69 Å². The van der Waals surface area contributed by atoms with Crippen LogP contribution in [0.5, 0.6) is 5.75 Å². The first-order chi connectivity index (χ1) is 12.9. The van der Waals surface area contributed by atoms with Crippen LogP contribution in [0.3, 0.4) is 0 Å². The van der Waals surface area contributed by atoms with Gasteiger partial charge in [-0.2, -0.15) is 0 Å². The van der Waals surface area contributed by atoms with Gasteiger partial charge in [-0.1, -0.05) is 23.7 Å². The third-order valence-electron chi connectivity index (χ3n) is 3.94. The maximum atomic E-state index is 12.5. The number of carbonyl (C=O) groups is 1. The first-order valence-corrected chi connectivity index (χ1v) is 8.89. The Bertz CT molecular complexity index is 955. The highest BCUT2D eigenvalue weighted by atomic mass is 35.5. The minimum Gasteiger partial charge on any atom is -0.486 e. The summed E-state index contributed by atoms with van der Waals surface area (Å²) in [5, 5.41) is 15.0. The first-order valence-electron chi connectivity index (χ1n) is 8.51. The predicted octanol–water partition coefficient (Wildman–Crippen LogP) is 4.05. The Labute approximate surface area is 162 Å². The fraction of sp³-hybridized carbons (Fsp3) is 0.263. The van der Waals surface area contributed by atoms with Crippen molar-refractivity contribution in [3.63, 3.8) is 0 Å². The molecule has 0 fully saturated rings. The van der Waals surface area contributed by atoms with Crippen molar-refractivity contribution >= 4 is 23.2 Å². The number of anilines is 1. The van der Waals surface area contributed by atoms with Crippen molar-refractivity contribution in [2.45, 2.75) is 33.4 Å². The number of aromatic nitrogens is 4. The molecule has 0 bridgehead atoms. The van der Waals surface area contributed by atoms with E-state index in [1.165, 1.54) is 0 Å². The number of tetrazole rings is 1. The van der Waals surface area contributed by atoms with Gasteiger partial charge in [0.15, 0.2) is 5.82 Å². The van der Waals surface area contributed by atoms with E-state index in [9.17, 15) is 4.79 Å². The lowest BCUT2D eigenvalue weighted by Crippen LogP contribution is -2.13. The van der Waals surface area contributed by atoms with Crippen LogP contribution in [0, 0.1) is 6.92 Å². The molecule has 1 aromatic heterocycles. The number of amides is 1. The summed E-state index contributed by atoms with van der Waals surface area (Å²) in [7, 11) is 0. The SMILES string of the molecule is Cc1ccc(NC(=O)c2cccc(OCc3nnnn3C(C)C)c2)cc1Cl. The van der Waals surface area contributed by atoms with Crippen molar-refractivity contribution in [1.29, 1.82) is 0 Å². The summed E-state index contributed by atoms with van der Waals surface area (Å²) in [6.07, 6.45) is 0. The number of hydrogen-bond donors (Lipinski definition) is 1. The Morgan fingerprint density at radius 2 is 2.07 bits per heavy atom. The lowest BCUT2D eigenvalue weighted by atomic mass is 10.2. The molecule has 0 aliphatic carbocycles. The van der Waals surface area contributed by atoms with Gasteiger partial charge in [-0.25, -0.2) is 4.68 Å². The zero-order chi connectivity index (χ0) is 19.4. The molecule has 8 heteroatoms. The Balaban J connectivity index is 1.68. The second kappa shape index (κ2) is 8.18. The molecule has 0 saturated heterocycles. The number of rotatable bonds is 6. The molecule has 1 N–H and O–H groups in total. The molecule has 0 saturated carbocycles. The van der Waals surface area contributed by atoms with E-state index in [-0.39, 0.29) is 18.6 Å². The van der Waals surface area contributed by atoms with Crippen molar-refractivity contribution in [2.75, 3.05) is 5.32 Å². The van der Waals surface area contributed by atoms with Gasteiger partial charge in [-0.05, 0) is 67.1 Å². The molecule has 0 spiro atoms. The van der Waals surface area contributed by atoms with Crippen LogP contribution < -0.4 is 10.1 Å². The van der Waals surface area contributed by atoms with Crippen LogP contribution in [-0.2, 0) is 6.61 Å². The molecule has 1 amide bonds.